The summed E-state index contributed by atoms with van der Waals surface area (Å²) >= 11 is 5.48. The number of benzene rings is 1. The van der Waals surface area contributed by atoms with E-state index in [0.29, 0.717) is 0 Å². The molecule has 0 amide bonds. The molecule has 1 N–H and O–H groups in total. The van der Waals surface area contributed by atoms with Crippen molar-refractivity contribution in [3.8, 4) is 0 Å². The van der Waals surface area contributed by atoms with Crippen LogP contribution in [0, 0.1) is 0 Å². The molecular formula is C13H8ClF11O. The maximum atomic E-state index is 13.5. The average Bonchev–Trinajstić information content (AvgIpc) is 2.45. The Labute approximate surface area is 143 Å². The van der Waals surface area contributed by atoms with Crippen molar-refractivity contribution < 1.29 is 53.4 Å². The molecule has 0 aliphatic heterocycles. The number of aliphatic hydroxyl groups is 1. The maximum absolute atomic E-state index is 13.5. The fourth-order valence-corrected chi connectivity index (χ4v) is 2.09. The zero-order valence-electron chi connectivity index (χ0n) is 12.1. The van der Waals surface area contributed by atoms with E-state index in [1.165, 1.54) is 6.07 Å². The summed E-state index contributed by atoms with van der Waals surface area (Å²) in [7, 11) is 0. The van der Waals surface area contributed by atoms with Gasteiger partial charge in [-0.25, -0.2) is 0 Å². The number of hydrogen-bond acceptors (Lipinski definition) is 1. The van der Waals surface area contributed by atoms with Crippen LogP contribution in [0.25, 0.3) is 0 Å². The van der Waals surface area contributed by atoms with Crippen molar-refractivity contribution in [1.82, 2.24) is 0 Å². The minimum Gasteiger partial charge on any atom is -0.388 e. The van der Waals surface area contributed by atoms with Crippen LogP contribution in [0.1, 0.15) is 18.1 Å². The summed E-state index contributed by atoms with van der Waals surface area (Å²) in [6.45, 7) is 0. The Balaban J connectivity index is 3.26. The Morgan fingerprint density at radius 1 is 0.769 bits per heavy atom. The van der Waals surface area contributed by atoms with Crippen LogP contribution in [-0.2, 0) is 0 Å². The first-order chi connectivity index (χ1) is 11.4. The second-order valence-electron chi connectivity index (χ2n) is 5.17. The first kappa shape index (κ1) is 22.7. The van der Waals surface area contributed by atoms with Gasteiger partial charge in [0.25, 0.3) is 0 Å². The van der Waals surface area contributed by atoms with E-state index < -0.39 is 53.0 Å². The summed E-state index contributed by atoms with van der Waals surface area (Å²) < 4.78 is 141. The molecular weight excluding hydrogens is 417 g/mol. The molecule has 13 heteroatoms. The van der Waals surface area contributed by atoms with Gasteiger partial charge in [0.05, 0.1) is 6.10 Å². The van der Waals surface area contributed by atoms with Crippen molar-refractivity contribution in [3.63, 3.8) is 0 Å². The summed E-state index contributed by atoms with van der Waals surface area (Å²) in [5.74, 6) is -28.3. The third-order valence-corrected chi connectivity index (χ3v) is 3.66. The Kier molecular flexibility index (Phi) is 5.86. The van der Waals surface area contributed by atoms with Gasteiger partial charge in [-0.1, -0.05) is 29.8 Å². The molecule has 26 heavy (non-hydrogen) atoms. The Morgan fingerprint density at radius 2 is 1.23 bits per heavy atom. The summed E-state index contributed by atoms with van der Waals surface area (Å²) in [6.07, 6.45) is -12.5. The highest BCUT2D eigenvalue weighted by Crippen LogP contribution is 2.58. The number of rotatable bonds is 6. The average molecular weight is 425 g/mol. The lowest BCUT2D eigenvalue weighted by Gasteiger charge is -2.37. The van der Waals surface area contributed by atoms with Gasteiger partial charge in [0, 0.05) is 11.4 Å². The minimum atomic E-state index is -7.50. The third kappa shape index (κ3) is 3.57. The van der Waals surface area contributed by atoms with Crippen LogP contribution >= 0.6 is 11.6 Å². The number of aliphatic hydroxyl groups excluding tert-OH is 1. The molecule has 0 heterocycles. The molecule has 0 aliphatic rings. The zero-order chi connectivity index (χ0) is 20.8. The first-order valence-corrected chi connectivity index (χ1v) is 6.78. The molecule has 1 aromatic carbocycles. The van der Waals surface area contributed by atoms with Crippen molar-refractivity contribution >= 4 is 11.6 Å². The van der Waals surface area contributed by atoms with E-state index in [1.54, 1.807) is 0 Å². The highest BCUT2D eigenvalue weighted by Gasteiger charge is 2.87. The van der Waals surface area contributed by atoms with E-state index in [-0.39, 0.29) is 0 Å². The Hall–Kier alpha value is -1.30. The van der Waals surface area contributed by atoms with Crippen LogP contribution in [0.15, 0.2) is 24.3 Å². The van der Waals surface area contributed by atoms with Crippen molar-refractivity contribution in [2.75, 3.05) is 0 Å². The van der Waals surface area contributed by atoms with Gasteiger partial charge >= 0.3 is 29.9 Å². The highest BCUT2D eigenvalue weighted by atomic mass is 35.5. The van der Waals surface area contributed by atoms with Crippen molar-refractivity contribution in [2.45, 2.75) is 42.4 Å². The molecule has 0 spiro atoms. The van der Waals surface area contributed by atoms with E-state index in [4.69, 9.17) is 11.6 Å². The smallest absolute Gasteiger partial charge is 0.388 e. The molecule has 1 atom stereocenters. The van der Waals surface area contributed by atoms with Gasteiger partial charge in [0.2, 0.25) is 0 Å². The SMILES string of the molecule is OC(CC(F)(F)C(F)(F)C(F)(F)C(F)(F)C(F)(F)F)c1ccccc1Cl. The molecule has 0 fully saturated rings. The Morgan fingerprint density at radius 3 is 1.65 bits per heavy atom. The standard InChI is InChI=1S/C13H8ClF11O/c14-7-4-2-1-3-6(7)8(26)5-9(15,16)10(17,18)11(19,20)12(21,22)13(23,24)25/h1-4,8,26H,5H2. The summed E-state index contributed by atoms with van der Waals surface area (Å²) in [5, 5.41) is 9.02. The fraction of sp³-hybridized carbons (Fsp3) is 0.538. The number of hydrogen-bond donors (Lipinski definition) is 1. The minimum absolute atomic E-state index is 0.452. The normalized spacial score (nSPS) is 15.9. The highest BCUT2D eigenvalue weighted by molar-refractivity contribution is 6.31. The summed E-state index contributed by atoms with van der Waals surface area (Å²) in [5.41, 5.74) is -0.643. The van der Waals surface area contributed by atoms with E-state index in [0.717, 1.165) is 18.2 Å². The summed E-state index contributed by atoms with van der Waals surface area (Å²) in [4.78, 5) is 0. The van der Waals surface area contributed by atoms with Crippen molar-refractivity contribution in [2.24, 2.45) is 0 Å². The second kappa shape index (κ2) is 6.70. The van der Waals surface area contributed by atoms with Gasteiger partial charge in [0.15, 0.2) is 0 Å². The molecule has 0 radical (unpaired) electrons. The molecule has 0 saturated carbocycles. The van der Waals surface area contributed by atoms with E-state index in [1.807, 2.05) is 0 Å². The summed E-state index contributed by atoms with van der Waals surface area (Å²) in [6, 6.07) is 4.16. The van der Waals surface area contributed by atoms with Gasteiger partial charge in [-0.3, -0.25) is 0 Å². The van der Waals surface area contributed by atoms with Crippen LogP contribution < -0.4 is 0 Å². The predicted molar refractivity (Wildman–Crippen MR) is 66.9 cm³/mol. The lowest BCUT2D eigenvalue weighted by Crippen LogP contribution is -2.66. The van der Waals surface area contributed by atoms with E-state index in [2.05, 4.69) is 0 Å². The molecule has 1 rings (SSSR count). The molecule has 0 saturated heterocycles. The van der Waals surface area contributed by atoms with Crippen LogP contribution in [0.3, 0.4) is 0 Å². The molecule has 1 nitrogen and oxygen atoms in total. The lowest BCUT2D eigenvalue weighted by atomic mass is 9.92. The molecule has 0 bridgehead atoms. The van der Waals surface area contributed by atoms with Crippen molar-refractivity contribution in [3.05, 3.63) is 34.9 Å². The molecule has 150 valence electrons. The van der Waals surface area contributed by atoms with Crippen LogP contribution in [-0.4, -0.2) is 35.0 Å². The van der Waals surface area contributed by atoms with Crippen LogP contribution in [0.5, 0.6) is 0 Å². The van der Waals surface area contributed by atoms with Crippen molar-refractivity contribution in [1.29, 1.82) is 0 Å². The van der Waals surface area contributed by atoms with Gasteiger partial charge < -0.3 is 5.11 Å². The monoisotopic (exact) mass is 424 g/mol. The molecule has 1 unspecified atom stereocenters. The number of alkyl halides is 11. The topological polar surface area (TPSA) is 20.2 Å². The predicted octanol–water partition coefficient (Wildman–Crippen LogP) is 5.87. The van der Waals surface area contributed by atoms with Gasteiger partial charge in [-0.05, 0) is 11.6 Å². The largest absolute Gasteiger partial charge is 0.460 e. The van der Waals surface area contributed by atoms with Gasteiger partial charge in [-0.2, -0.15) is 48.3 Å². The van der Waals surface area contributed by atoms with E-state index >= 15 is 0 Å². The molecule has 0 aliphatic carbocycles. The zero-order valence-corrected chi connectivity index (χ0v) is 12.8. The van der Waals surface area contributed by atoms with Gasteiger partial charge in [0.1, 0.15) is 0 Å². The molecule has 1 aromatic rings. The maximum Gasteiger partial charge on any atom is 0.460 e. The van der Waals surface area contributed by atoms with Gasteiger partial charge in [-0.15, -0.1) is 0 Å². The lowest BCUT2D eigenvalue weighted by molar-refractivity contribution is -0.423. The van der Waals surface area contributed by atoms with Crippen LogP contribution in [0.2, 0.25) is 5.02 Å². The number of halogens is 12. The molecule has 0 aromatic heterocycles. The van der Waals surface area contributed by atoms with E-state index in [9.17, 15) is 53.4 Å². The fourth-order valence-electron chi connectivity index (χ4n) is 1.83. The first-order valence-electron chi connectivity index (χ1n) is 6.40. The third-order valence-electron chi connectivity index (χ3n) is 3.32. The quantitative estimate of drug-likeness (QED) is 0.567. The van der Waals surface area contributed by atoms with Crippen LogP contribution in [0.4, 0.5) is 48.3 Å². The second-order valence-corrected chi connectivity index (χ2v) is 5.57. The Bertz CT molecular complexity index is 641.